The highest BCUT2D eigenvalue weighted by Gasteiger charge is 2.36. The molecule has 0 N–H and O–H groups in total. The van der Waals surface area contributed by atoms with Crippen LogP contribution in [0.15, 0.2) is 0 Å². The van der Waals surface area contributed by atoms with E-state index in [0.717, 1.165) is 30.7 Å². The van der Waals surface area contributed by atoms with Gasteiger partial charge in [-0.2, -0.15) is 11.8 Å². The molecule has 0 radical (unpaired) electrons. The quantitative estimate of drug-likeness (QED) is 0.758. The van der Waals surface area contributed by atoms with Gasteiger partial charge >= 0.3 is 0 Å². The zero-order valence-corrected chi connectivity index (χ0v) is 11.3. The molecule has 3 unspecified atom stereocenters. The average Bonchev–Trinajstić information content (AvgIpc) is 2.67. The van der Waals surface area contributed by atoms with Crippen LogP contribution in [0.25, 0.3) is 0 Å². The van der Waals surface area contributed by atoms with Crippen LogP contribution in [0, 0.1) is 0 Å². The molecule has 1 saturated carbocycles. The second kappa shape index (κ2) is 5.54. The largest absolute Gasteiger partial charge is 0.300 e. The first-order valence-electron chi connectivity index (χ1n) is 6.61. The lowest BCUT2D eigenvalue weighted by Crippen LogP contribution is -2.49. The molecule has 3 heteroatoms. The van der Waals surface area contributed by atoms with E-state index in [0.29, 0.717) is 11.8 Å². The van der Waals surface area contributed by atoms with E-state index in [-0.39, 0.29) is 0 Å². The first-order valence-corrected chi connectivity index (χ1v) is 7.66. The van der Waals surface area contributed by atoms with Crippen LogP contribution >= 0.6 is 11.8 Å². The van der Waals surface area contributed by atoms with Crippen molar-refractivity contribution in [2.24, 2.45) is 0 Å². The van der Waals surface area contributed by atoms with Gasteiger partial charge in [0.25, 0.3) is 0 Å². The van der Waals surface area contributed by atoms with Gasteiger partial charge < -0.3 is 0 Å². The van der Waals surface area contributed by atoms with Crippen molar-refractivity contribution in [2.75, 3.05) is 12.3 Å². The molecular formula is C13H23NOS. The summed E-state index contributed by atoms with van der Waals surface area (Å²) in [7, 11) is 0. The van der Waals surface area contributed by atoms with Crippen LogP contribution in [0.4, 0.5) is 0 Å². The lowest BCUT2D eigenvalue weighted by Gasteiger charge is -2.39. The summed E-state index contributed by atoms with van der Waals surface area (Å²) in [5, 5.41) is 0.820. The number of carbonyl (C=O) groups excluding carboxylic acids is 1. The SMILES string of the molecule is CCSC1CCCC1N1CCC(=O)CC1C. The third kappa shape index (κ3) is 2.62. The predicted molar refractivity (Wildman–Crippen MR) is 70.0 cm³/mol. The van der Waals surface area contributed by atoms with E-state index >= 15 is 0 Å². The average molecular weight is 241 g/mol. The molecule has 2 aliphatic rings. The Kier molecular flexibility index (Phi) is 4.31. The van der Waals surface area contributed by atoms with Crippen molar-refractivity contribution in [1.82, 2.24) is 4.90 Å². The van der Waals surface area contributed by atoms with E-state index in [9.17, 15) is 4.79 Å². The lowest BCUT2D eigenvalue weighted by atomic mass is 9.99. The fraction of sp³-hybridized carbons (Fsp3) is 0.923. The Morgan fingerprint density at radius 2 is 2.25 bits per heavy atom. The molecule has 0 aromatic carbocycles. The molecule has 3 atom stereocenters. The van der Waals surface area contributed by atoms with Crippen molar-refractivity contribution in [3.63, 3.8) is 0 Å². The zero-order chi connectivity index (χ0) is 11.5. The number of hydrogen-bond acceptors (Lipinski definition) is 3. The highest BCUT2D eigenvalue weighted by atomic mass is 32.2. The van der Waals surface area contributed by atoms with Crippen molar-refractivity contribution in [3.8, 4) is 0 Å². The fourth-order valence-electron chi connectivity index (χ4n) is 3.21. The number of ketones is 1. The molecule has 0 amide bonds. The zero-order valence-electron chi connectivity index (χ0n) is 10.4. The molecule has 1 aliphatic carbocycles. The summed E-state index contributed by atoms with van der Waals surface area (Å²) < 4.78 is 0. The van der Waals surface area contributed by atoms with E-state index in [1.165, 1.54) is 25.0 Å². The van der Waals surface area contributed by atoms with Crippen molar-refractivity contribution >= 4 is 17.5 Å². The lowest BCUT2D eigenvalue weighted by molar-refractivity contribution is -0.123. The van der Waals surface area contributed by atoms with Gasteiger partial charge in [-0.3, -0.25) is 9.69 Å². The van der Waals surface area contributed by atoms with Gasteiger partial charge in [-0.25, -0.2) is 0 Å². The summed E-state index contributed by atoms with van der Waals surface area (Å²) >= 11 is 2.12. The molecule has 1 saturated heterocycles. The van der Waals surface area contributed by atoms with Crippen molar-refractivity contribution in [2.45, 2.75) is 63.3 Å². The first kappa shape index (κ1) is 12.4. The number of rotatable bonds is 3. The van der Waals surface area contributed by atoms with Crippen LogP contribution in [0.5, 0.6) is 0 Å². The molecule has 2 nitrogen and oxygen atoms in total. The molecule has 0 spiro atoms. The number of nitrogens with zero attached hydrogens (tertiary/aromatic N) is 1. The van der Waals surface area contributed by atoms with Crippen LogP contribution in [-0.4, -0.2) is 40.3 Å². The Morgan fingerprint density at radius 3 is 2.94 bits per heavy atom. The Hall–Kier alpha value is -0.0200. The summed E-state index contributed by atoms with van der Waals surface area (Å²) in [6, 6.07) is 1.22. The first-order chi connectivity index (χ1) is 7.72. The third-order valence-electron chi connectivity index (χ3n) is 3.96. The minimum atomic E-state index is 0.460. The molecule has 1 heterocycles. The summed E-state index contributed by atoms with van der Waals surface area (Å²) in [4.78, 5) is 14.0. The topological polar surface area (TPSA) is 20.3 Å². The molecule has 2 rings (SSSR count). The highest BCUT2D eigenvalue weighted by Crippen LogP contribution is 2.35. The number of Topliss-reactive ketones (excluding diaryl/α,β-unsaturated/α-hetero) is 1. The Morgan fingerprint density at radius 1 is 1.44 bits per heavy atom. The van der Waals surface area contributed by atoms with Gasteiger partial charge in [-0.15, -0.1) is 0 Å². The molecule has 2 fully saturated rings. The summed E-state index contributed by atoms with van der Waals surface area (Å²) in [5.41, 5.74) is 0. The molecule has 0 aromatic heterocycles. The van der Waals surface area contributed by atoms with Crippen molar-refractivity contribution in [3.05, 3.63) is 0 Å². The molecule has 0 aromatic rings. The van der Waals surface area contributed by atoms with Gasteiger partial charge in [-0.1, -0.05) is 13.3 Å². The summed E-state index contributed by atoms with van der Waals surface area (Å²) in [5.74, 6) is 1.68. The summed E-state index contributed by atoms with van der Waals surface area (Å²) in [6.07, 6.45) is 5.65. The summed E-state index contributed by atoms with van der Waals surface area (Å²) in [6.45, 7) is 5.48. The van der Waals surface area contributed by atoms with Gasteiger partial charge in [0.15, 0.2) is 0 Å². The number of hydrogen-bond donors (Lipinski definition) is 0. The number of piperidine rings is 1. The second-order valence-electron chi connectivity index (χ2n) is 5.07. The minimum Gasteiger partial charge on any atom is -0.300 e. The van der Waals surface area contributed by atoms with Crippen molar-refractivity contribution < 1.29 is 4.79 Å². The van der Waals surface area contributed by atoms with Crippen LogP contribution in [0.1, 0.15) is 46.0 Å². The Balaban J connectivity index is 1.97. The van der Waals surface area contributed by atoms with Crippen LogP contribution in [0.3, 0.4) is 0 Å². The van der Waals surface area contributed by atoms with E-state index in [4.69, 9.17) is 0 Å². The fourth-order valence-corrected chi connectivity index (χ4v) is 4.49. The molecule has 16 heavy (non-hydrogen) atoms. The second-order valence-corrected chi connectivity index (χ2v) is 6.59. The van der Waals surface area contributed by atoms with E-state index in [2.05, 4.69) is 30.5 Å². The van der Waals surface area contributed by atoms with E-state index in [1.807, 2.05) is 0 Å². The molecule has 0 bridgehead atoms. The van der Waals surface area contributed by atoms with Gasteiger partial charge in [0.05, 0.1) is 0 Å². The number of likely N-dealkylation sites (tertiary alicyclic amines) is 1. The molecule has 1 aliphatic heterocycles. The van der Waals surface area contributed by atoms with E-state index < -0.39 is 0 Å². The van der Waals surface area contributed by atoms with Crippen molar-refractivity contribution in [1.29, 1.82) is 0 Å². The smallest absolute Gasteiger partial charge is 0.135 e. The molecule has 92 valence electrons. The standard InChI is InChI=1S/C13H23NOS/c1-3-16-13-6-4-5-12(13)14-8-7-11(15)9-10(14)2/h10,12-13H,3-9H2,1-2H3. The predicted octanol–water partition coefficient (Wildman–Crippen LogP) is 2.71. The number of carbonyl (C=O) groups is 1. The Bertz CT molecular complexity index is 256. The third-order valence-corrected chi connectivity index (χ3v) is 5.27. The van der Waals surface area contributed by atoms with Gasteiger partial charge in [0.2, 0.25) is 0 Å². The van der Waals surface area contributed by atoms with E-state index in [1.54, 1.807) is 0 Å². The Labute approximate surface area is 103 Å². The highest BCUT2D eigenvalue weighted by molar-refractivity contribution is 7.99. The van der Waals surface area contributed by atoms with Crippen LogP contribution < -0.4 is 0 Å². The monoisotopic (exact) mass is 241 g/mol. The minimum absolute atomic E-state index is 0.460. The maximum absolute atomic E-state index is 11.4. The van der Waals surface area contributed by atoms with Gasteiger partial charge in [0.1, 0.15) is 5.78 Å². The van der Waals surface area contributed by atoms with Gasteiger partial charge in [-0.05, 0) is 25.5 Å². The van der Waals surface area contributed by atoms with Crippen LogP contribution in [-0.2, 0) is 4.79 Å². The maximum atomic E-state index is 11.4. The normalized spacial score (nSPS) is 36.9. The molecular weight excluding hydrogens is 218 g/mol. The number of thioether (sulfide) groups is 1. The van der Waals surface area contributed by atoms with Crippen LogP contribution in [0.2, 0.25) is 0 Å². The maximum Gasteiger partial charge on any atom is 0.135 e. The van der Waals surface area contributed by atoms with Gasteiger partial charge in [0, 0.05) is 36.7 Å².